The normalized spacial score (nSPS) is 10.3. The smallest absolute Gasteiger partial charge is 0.255 e. The predicted octanol–water partition coefficient (Wildman–Crippen LogP) is 4.61. The van der Waals surface area contributed by atoms with E-state index in [1.54, 1.807) is 0 Å². The Kier molecular flexibility index (Phi) is 4.83. The minimum Gasteiger partial charge on any atom is -0.504 e. The number of anilines is 1. The zero-order valence-corrected chi connectivity index (χ0v) is 13.1. The summed E-state index contributed by atoms with van der Waals surface area (Å²) < 4.78 is 4.91. The van der Waals surface area contributed by atoms with Gasteiger partial charge in [0.05, 0.1) is 27.9 Å². The van der Waals surface area contributed by atoms with E-state index in [0.717, 1.165) is 0 Å². The fourth-order valence-electron chi connectivity index (χ4n) is 1.64. The first-order valence-corrected chi connectivity index (χ1v) is 6.88. The fraction of sp³-hybridized carbons (Fsp3) is 0.0714. The van der Waals surface area contributed by atoms with Crippen molar-refractivity contribution in [2.24, 2.45) is 0 Å². The van der Waals surface area contributed by atoms with E-state index in [0.29, 0.717) is 10.7 Å². The quantitative estimate of drug-likeness (QED) is 0.798. The lowest BCUT2D eigenvalue weighted by Gasteiger charge is -2.10. The van der Waals surface area contributed by atoms with Crippen LogP contribution in [0.1, 0.15) is 10.4 Å². The number of amides is 1. The lowest BCUT2D eigenvalue weighted by Crippen LogP contribution is -2.12. The number of carbonyl (C=O) groups excluding carboxylic acids is 1. The van der Waals surface area contributed by atoms with Gasteiger partial charge in [-0.25, -0.2) is 0 Å². The molecule has 0 aliphatic heterocycles. The lowest BCUT2D eigenvalue weighted by atomic mass is 10.2. The lowest BCUT2D eigenvalue weighted by molar-refractivity contribution is 0.102. The Morgan fingerprint density at radius 3 is 2.38 bits per heavy atom. The number of hydrogen-bond donors (Lipinski definition) is 2. The molecule has 2 aromatic rings. The highest BCUT2D eigenvalue weighted by Gasteiger charge is 2.13. The number of ether oxygens (including phenoxy) is 1. The molecule has 0 fully saturated rings. The van der Waals surface area contributed by atoms with Crippen LogP contribution < -0.4 is 10.1 Å². The summed E-state index contributed by atoms with van der Waals surface area (Å²) in [5, 5.41) is 13.1. The number of phenols is 1. The number of hydrogen-bond acceptors (Lipinski definition) is 3. The van der Waals surface area contributed by atoms with Crippen molar-refractivity contribution in [1.82, 2.24) is 0 Å². The van der Waals surface area contributed by atoms with Crippen molar-refractivity contribution in [3.8, 4) is 11.5 Å². The average Bonchev–Trinajstić information content (AvgIpc) is 2.44. The molecule has 0 saturated carbocycles. The van der Waals surface area contributed by atoms with Crippen LogP contribution in [0.15, 0.2) is 30.3 Å². The van der Waals surface area contributed by atoms with Gasteiger partial charge in [-0.3, -0.25) is 4.79 Å². The van der Waals surface area contributed by atoms with E-state index in [4.69, 9.17) is 39.5 Å². The Hall–Kier alpha value is -1.62. The summed E-state index contributed by atoms with van der Waals surface area (Å²) >= 11 is 17.7. The van der Waals surface area contributed by atoms with Gasteiger partial charge in [-0.05, 0) is 30.3 Å². The van der Waals surface area contributed by atoms with Gasteiger partial charge < -0.3 is 15.2 Å². The number of methoxy groups -OCH3 is 1. The molecular formula is C14H10Cl3NO3. The summed E-state index contributed by atoms with van der Waals surface area (Å²) in [4.78, 5) is 12.1. The zero-order chi connectivity index (χ0) is 15.6. The number of halogens is 3. The number of nitrogens with one attached hydrogen (secondary N) is 1. The molecule has 2 N–H and O–H groups in total. The predicted molar refractivity (Wildman–Crippen MR) is 84.1 cm³/mol. The van der Waals surface area contributed by atoms with Crippen LogP contribution >= 0.6 is 34.8 Å². The number of aromatic hydroxyl groups is 1. The second kappa shape index (κ2) is 6.43. The topological polar surface area (TPSA) is 58.6 Å². The van der Waals surface area contributed by atoms with Crippen molar-refractivity contribution in [2.45, 2.75) is 0 Å². The molecule has 0 atom stereocenters. The Labute approximate surface area is 136 Å². The van der Waals surface area contributed by atoms with Crippen LogP contribution in [0, 0.1) is 0 Å². The summed E-state index contributed by atoms with van der Waals surface area (Å²) in [6.07, 6.45) is 0. The van der Waals surface area contributed by atoms with E-state index in [9.17, 15) is 9.90 Å². The SMILES string of the molecule is COc1ccc(C(=O)Nc2cc(Cl)c(Cl)cc2Cl)cc1O. The molecule has 0 aliphatic carbocycles. The number of rotatable bonds is 3. The van der Waals surface area contributed by atoms with Crippen LogP contribution in [0.3, 0.4) is 0 Å². The minimum absolute atomic E-state index is 0.134. The van der Waals surface area contributed by atoms with Crippen LogP contribution in [-0.4, -0.2) is 18.1 Å². The summed E-state index contributed by atoms with van der Waals surface area (Å²) in [5.41, 5.74) is 0.571. The van der Waals surface area contributed by atoms with Crippen LogP contribution in [0.2, 0.25) is 15.1 Å². The number of benzene rings is 2. The molecule has 1 amide bonds. The van der Waals surface area contributed by atoms with Crippen LogP contribution in [0.5, 0.6) is 11.5 Å². The monoisotopic (exact) mass is 345 g/mol. The standard InChI is InChI=1S/C14H10Cl3NO3/c1-21-13-3-2-7(4-12(13)19)14(20)18-11-6-9(16)8(15)5-10(11)17/h2-6,19H,1H3,(H,18,20). The first-order valence-electron chi connectivity index (χ1n) is 5.75. The van der Waals surface area contributed by atoms with E-state index in [1.807, 2.05) is 0 Å². The highest BCUT2D eigenvalue weighted by atomic mass is 35.5. The Morgan fingerprint density at radius 2 is 1.76 bits per heavy atom. The van der Waals surface area contributed by atoms with E-state index in [2.05, 4.69) is 5.32 Å². The molecule has 0 radical (unpaired) electrons. The highest BCUT2D eigenvalue weighted by Crippen LogP contribution is 2.33. The summed E-state index contributed by atoms with van der Waals surface area (Å²) in [6.45, 7) is 0. The maximum atomic E-state index is 12.1. The molecule has 21 heavy (non-hydrogen) atoms. The van der Waals surface area contributed by atoms with Gasteiger partial charge in [0.15, 0.2) is 11.5 Å². The maximum Gasteiger partial charge on any atom is 0.255 e. The van der Waals surface area contributed by atoms with E-state index < -0.39 is 5.91 Å². The molecule has 0 aliphatic rings. The molecule has 0 saturated heterocycles. The first-order chi connectivity index (χ1) is 9.92. The molecule has 0 unspecified atom stereocenters. The fourth-order valence-corrected chi connectivity index (χ4v) is 2.24. The molecule has 7 heteroatoms. The third-order valence-corrected chi connectivity index (χ3v) is 3.73. The van der Waals surface area contributed by atoms with E-state index in [-0.39, 0.29) is 27.1 Å². The van der Waals surface area contributed by atoms with Crippen LogP contribution in [-0.2, 0) is 0 Å². The molecule has 4 nitrogen and oxygen atoms in total. The molecule has 0 bridgehead atoms. The average molecular weight is 347 g/mol. The zero-order valence-electron chi connectivity index (χ0n) is 10.8. The number of phenolic OH excluding ortho intramolecular Hbond substituents is 1. The summed E-state index contributed by atoms with van der Waals surface area (Å²) in [7, 11) is 1.42. The molecule has 110 valence electrons. The van der Waals surface area contributed by atoms with E-state index in [1.165, 1.54) is 37.4 Å². The van der Waals surface area contributed by atoms with E-state index >= 15 is 0 Å². The molecule has 2 aromatic carbocycles. The first kappa shape index (κ1) is 15.8. The van der Waals surface area contributed by atoms with Crippen LogP contribution in [0.4, 0.5) is 5.69 Å². The van der Waals surface area contributed by atoms with Crippen molar-refractivity contribution in [3.05, 3.63) is 51.0 Å². The van der Waals surface area contributed by atoms with Gasteiger partial charge >= 0.3 is 0 Å². The molecule has 0 heterocycles. The van der Waals surface area contributed by atoms with Crippen molar-refractivity contribution in [2.75, 3.05) is 12.4 Å². The molecule has 0 spiro atoms. The van der Waals surface area contributed by atoms with Crippen molar-refractivity contribution in [1.29, 1.82) is 0 Å². The van der Waals surface area contributed by atoms with Crippen molar-refractivity contribution < 1.29 is 14.6 Å². The highest BCUT2D eigenvalue weighted by molar-refractivity contribution is 6.44. The van der Waals surface area contributed by atoms with Gasteiger partial charge in [0, 0.05) is 5.56 Å². The molecule has 0 aromatic heterocycles. The third-order valence-electron chi connectivity index (χ3n) is 2.70. The van der Waals surface area contributed by atoms with Gasteiger partial charge in [0.2, 0.25) is 0 Å². The molecule has 2 rings (SSSR count). The van der Waals surface area contributed by atoms with Gasteiger partial charge in [0.25, 0.3) is 5.91 Å². The van der Waals surface area contributed by atoms with Crippen molar-refractivity contribution in [3.63, 3.8) is 0 Å². The Morgan fingerprint density at radius 1 is 1.10 bits per heavy atom. The largest absolute Gasteiger partial charge is 0.504 e. The van der Waals surface area contributed by atoms with Crippen LogP contribution in [0.25, 0.3) is 0 Å². The molecular weight excluding hydrogens is 337 g/mol. The minimum atomic E-state index is -0.451. The summed E-state index contributed by atoms with van der Waals surface area (Å²) in [5.74, 6) is -0.308. The third kappa shape index (κ3) is 3.53. The second-order valence-electron chi connectivity index (χ2n) is 4.09. The van der Waals surface area contributed by atoms with Gasteiger partial charge in [-0.2, -0.15) is 0 Å². The second-order valence-corrected chi connectivity index (χ2v) is 5.31. The Balaban J connectivity index is 2.26. The van der Waals surface area contributed by atoms with Crippen molar-refractivity contribution >= 4 is 46.4 Å². The van der Waals surface area contributed by atoms with Gasteiger partial charge in [0.1, 0.15) is 0 Å². The van der Waals surface area contributed by atoms with Gasteiger partial charge in [-0.1, -0.05) is 34.8 Å². The maximum absolute atomic E-state index is 12.1. The number of carbonyl (C=O) groups is 1. The summed E-state index contributed by atoms with van der Waals surface area (Å²) in [6, 6.07) is 7.18. The van der Waals surface area contributed by atoms with Gasteiger partial charge in [-0.15, -0.1) is 0 Å². The Bertz CT molecular complexity index is 704.